The number of amides is 1. The molecule has 0 radical (unpaired) electrons. The van der Waals surface area contributed by atoms with Crippen molar-refractivity contribution >= 4 is 5.91 Å². The van der Waals surface area contributed by atoms with Crippen molar-refractivity contribution in [1.82, 2.24) is 10.2 Å². The van der Waals surface area contributed by atoms with E-state index in [0.717, 1.165) is 25.9 Å². The molecule has 1 heterocycles. The molecule has 0 aliphatic carbocycles. The van der Waals surface area contributed by atoms with Gasteiger partial charge in [0.1, 0.15) is 0 Å². The summed E-state index contributed by atoms with van der Waals surface area (Å²) in [5.41, 5.74) is 2.78. The van der Waals surface area contributed by atoms with Crippen molar-refractivity contribution in [3.05, 3.63) is 35.4 Å². The summed E-state index contributed by atoms with van der Waals surface area (Å²) in [7, 11) is 1.89. The molecule has 1 aliphatic heterocycles. The third-order valence-corrected chi connectivity index (χ3v) is 3.71. The van der Waals surface area contributed by atoms with Gasteiger partial charge in [0, 0.05) is 32.6 Å². The monoisotopic (exact) mass is 246 g/mol. The number of benzene rings is 1. The zero-order valence-electron chi connectivity index (χ0n) is 11.3. The molecule has 1 unspecified atom stereocenters. The Bertz CT molecular complexity index is 417. The highest BCUT2D eigenvalue weighted by atomic mass is 16.2. The van der Waals surface area contributed by atoms with Crippen molar-refractivity contribution in [2.75, 3.05) is 13.6 Å². The van der Waals surface area contributed by atoms with Crippen LogP contribution in [0.5, 0.6) is 0 Å². The average molecular weight is 246 g/mol. The molecule has 1 atom stereocenters. The second-order valence-corrected chi connectivity index (χ2v) is 5.01. The minimum Gasteiger partial charge on any atom is -0.344 e. The van der Waals surface area contributed by atoms with Crippen LogP contribution >= 0.6 is 0 Å². The maximum Gasteiger partial charge on any atom is 0.222 e. The Morgan fingerprint density at radius 3 is 2.72 bits per heavy atom. The molecule has 0 saturated carbocycles. The fourth-order valence-electron chi connectivity index (χ4n) is 2.51. The normalized spacial score (nSPS) is 20.2. The number of hydrogen-bond donors (Lipinski definition) is 1. The molecule has 3 nitrogen and oxygen atoms in total. The van der Waals surface area contributed by atoms with E-state index in [4.69, 9.17) is 0 Å². The standard InChI is InChI=1S/C15H22N2O/c1-3-12-6-4-5-7-13(12)10-16-14-8-9-15(18)17(2)11-14/h4-7,14,16H,3,8-11H2,1-2H3. The maximum atomic E-state index is 11.4. The van der Waals surface area contributed by atoms with Gasteiger partial charge in [0.05, 0.1) is 0 Å². The first-order chi connectivity index (χ1) is 8.70. The quantitative estimate of drug-likeness (QED) is 0.881. The summed E-state index contributed by atoms with van der Waals surface area (Å²) in [6, 6.07) is 8.98. The van der Waals surface area contributed by atoms with Gasteiger partial charge in [0.2, 0.25) is 5.91 Å². The summed E-state index contributed by atoms with van der Waals surface area (Å²) in [6.07, 6.45) is 2.70. The lowest BCUT2D eigenvalue weighted by Crippen LogP contribution is -2.46. The molecular weight excluding hydrogens is 224 g/mol. The summed E-state index contributed by atoms with van der Waals surface area (Å²) >= 11 is 0. The highest BCUT2D eigenvalue weighted by Crippen LogP contribution is 2.13. The van der Waals surface area contributed by atoms with E-state index >= 15 is 0 Å². The van der Waals surface area contributed by atoms with Crippen LogP contribution in [0.4, 0.5) is 0 Å². The lowest BCUT2D eigenvalue weighted by molar-refractivity contribution is -0.132. The molecule has 98 valence electrons. The predicted octanol–water partition coefficient (Wildman–Crippen LogP) is 1.96. The van der Waals surface area contributed by atoms with Crippen molar-refractivity contribution < 1.29 is 4.79 Å². The zero-order valence-corrected chi connectivity index (χ0v) is 11.3. The van der Waals surface area contributed by atoms with Gasteiger partial charge in [-0.25, -0.2) is 0 Å². The molecule has 1 fully saturated rings. The number of likely N-dealkylation sites (tertiary alicyclic amines) is 1. The van der Waals surface area contributed by atoms with E-state index in [0.29, 0.717) is 12.5 Å². The van der Waals surface area contributed by atoms with Crippen LogP contribution in [0.25, 0.3) is 0 Å². The van der Waals surface area contributed by atoms with Crippen LogP contribution in [0.1, 0.15) is 30.9 Å². The number of nitrogens with zero attached hydrogens (tertiary/aromatic N) is 1. The van der Waals surface area contributed by atoms with Crippen LogP contribution in [0.3, 0.4) is 0 Å². The number of aryl methyl sites for hydroxylation is 1. The first-order valence-corrected chi connectivity index (χ1v) is 6.75. The Balaban J connectivity index is 1.90. The molecule has 1 amide bonds. The molecule has 3 heteroatoms. The van der Waals surface area contributed by atoms with E-state index in [1.165, 1.54) is 11.1 Å². The van der Waals surface area contributed by atoms with E-state index in [2.05, 4.69) is 36.5 Å². The molecular formula is C15H22N2O. The van der Waals surface area contributed by atoms with Crippen LogP contribution < -0.4 is 5.32 Å². The Kier molecular flexibility index (Phi) is 4.37. The summed E-state index contributed by atoms with van der Waals surface area (Å²) in [4.78, 5) is 13.2. The number of carbonyl (C=O) groups is 1. The largest absolute Gasteiger partial charge is 0.344 e. The number of carbonyl (C=O) groups excluding carboxylic acids is 1. The topological polar surface area (TPSA) is 32.3 Å². The molecule has 18 heavy (non-hydrogen) atoms. The summed E-state index contributed by atoms with van der Waals surface area (Å²) in [5, 5.41) is 3.57. The first kappa shape index (κ1) is 13.1. The smallest absolute Gasteiger partial charge is 0.222 e. The van der Waals surface area contributed by atoms with E-state index in [9.17, 15) is 4.79 Å². The molecule has 0 spiro atoms. The van der Waals surface area contributed by atoms with Crippen molar-refractivity contribution in [2.45, 2.75) is 38.8 Å². The van der Waals surface area contributed by atoms with E-state index in [-0.39, 0.29) is 5.91 Å². The number of nitrogens with one attached hydrogen (secondary N) is 1. The van der Waals surface area contributed by atoms with Gasteiger partial charge in [0.25, 0.3) is 0 Å². The van der Waals surface area contributed by atoms with Crippen molar-refractivity contribution in [2.24, 2.45) is 0 Å². The number of hydrogen-bond acceptors (Lipinski definition) is 2. The average Bonchev–Trinajstić information content (AvgIpc) is 2.40. The Morgan fingerprint density at radius 1 is 1.33 bits per heavy atom. The van der Waals surface area contributed by atoms with Gasteiger partial charge < -0.3 is 10.2 Å². The van der Waals surface area contributed by atoms with E-state index in [1.807, 2.05) is 11.9 Å². The van der Waals surface area contributed by atoms with Crippen LogP contribution in [0.15, 0.2) is 24.3 Å². The van der Waals surface area contributed by atoms with Gasteiger partial charge in [-0.15, -0.1) is 0 Å². The number of rotatable bonds is 4. The summed E-state index contributed by atoms with van der Waals surface area (Å²) < 4.78 is 0. The lowest BCUT2D eigenvalue weighted by Gasteiger charge is -2.30. The summed E-state index contributed by atoms with van der Waals surface area (Å²) in [5.74, 6) is 0.266. The molecule has 2 rings (SSSR count). The van der Waals surface area contributed by atoms with Crippen molar-refractivity contribution in [3.63, 3.8) is 0 Å². The fourth-order valence-corrected chi connectivity index (χ4v) is 2.51. The van der Waals surface area contributed by atoms with Gasteiger partial charge >= 0.3 is 0 Å². The zero-order chi connectivity index (χ0) is 13.0. The Labute approximate surface area is 109 Å². The van der Waals surface area contributed by atoms with Crippen LogP contribution in [-0.2, 0) is 17.8 Å². The van der Waals surface area contributed by atoms with Gasteiger partial charge in [-0.3, -0.25) is 4.79 Å². The van der Waals surface area contributed by atoms with Crippen molar-refractivity contribution in [3.8, 4) is 0 Å². The van der Waals surface area contributed by atoms with Gasteiger partial charge in [-0.2, -0.15) is 0 Å². The lowest BCUT2D eigenvalue weighted by atomic mass is 10.0. The molecule has 1 aliphatic rings. The molecule has 1 N–H and O–H groups in total. The second kappa shape index (κ2) is 6.01. The SMILES string of the molecule is CCc1ccccc1CNC1CCC(=O)N(C)C1. The fraction of sp³-hybridized carbons (Fsp3) is 0.533. The minimum atomic E-state index is 0.266. The third-order valence-electron chi connectivity index (χ3n) is 3.71. The van der Waals surface area contributed by atoms with Crippen molar-refractivity contribution in [1.29, 1.82) is 0 Å². The van der Waals surface area contributed by atoms with Gasteiger partial charge in [-0.1, -0.05) is 31.2 Å². The molecule has 1 aromatic rings. The van der Waals surface area contributed by atoms with E-state index < -0.39 is 0 Å². The molecule has 0 bridgehead atoms. The molecule has 1 aromatic carbocycles. The molecule has 0 aromatic heterocycles. The van der Waals surface area contributed by atoms with Gasteiger partial charge in [0.15, 0.2) is 0 Å². The number of piperidine rings is 1. The Hall–Kier alpha value is -1.35. The maximum absolute atomic E-state index is 11.4. The van der Waals surface area contributed by atoms with Crippen LogP contribution in [-0.4, -0.2) is 30.4 Å². The third kappa shape index (κ3) is 3.10. The highest BCUT2D eigenvalue weighted by Gasteiger charge is 2.22. The highest BCUT2D eigenvalue weighted by molar-refractivity contribution is 5.76. The minimum absolute atomic E-state index is 0.266. The second-order valence-electron chi connectivity index (χ2n) is 5.01. The number of likely N-dealkylation sites (N-methyl/N-ethyl adjacent to an activating group) is 1. The Morgan fingerprint density at radius 2 is 2.06 bits per heavy atom. The van der Waals surface area contributed by atoms with E-state index in [1.54, 1.807) is 0 Å². The van der Waals surface area contributed by atoms with Crippen LogP contribution in [0, 0.1) is 0 Å². The van der Waals surface area contributed by atoms with Crippen LogP contribution in [0.2, 0.25) is 0 Å². The molecule has 1 saturated heterocycles. The van der Waals surface area contributed by atoms with Gasteiger partial charge in [-0.05, 0) is 24.0 Å². The predicted molar refractivity (Wildman–Crippen MR) is 73.3 cm³/mol. The first-order valence-electron chi connectivity index (χ1n) is 6.75. The summed E-state index contributed by atoms with van der Waals surface area (Å²) in [6.45, 7) is 3.91.